The van der Waals surface area contributed by atoms with E-state index in [0.29, 0.717) is 11.2 Å². The summed E-state index contributed by atoms with van der Waals surface area (Å²) in [5.41, 5.74) is 0. The van der Waals surface area contributed by atoms with Crippen LogP contribution in [-0.4, -0.2) is 16.0 Å². The van der Waals surface area contributed by atoms with Gasteiger partial charge in [0.25, 0.3) is 0 Å². The number of aryl methyl sites for hydroxylation is 1. The third-order valence-electron chi connectivity index (χ3n) is 3.26. The Labute approximate surface area is 108 Å². The fourth-order valence-electron chi connectivity index (χ4n) is 2.33. The highest BCUT2D eigenvalue weighted by molar-refractivity contribution is 6.29. The molecule has 1 aromatic heterocycles. The molecule has 2 rings (SSSR count). The maximum Gasteiger partial charge on any atom is 0.134 e. The Hall–Kier alpha value is -0.830. The molecule has 0 aliphatic heterocycles. The molecule has 1 fully saturated rings. The summed E-state index contributed by atoms with van der Waals surface area (Å²) in [5.74, 6) is 1.70. The Bertz CT molecular complexity index is 360. The molecule has 94 valence electrons. The summed E-state index contributed by atoms with van der Waals surface area (Å²) in [6.07, 6.45) is 8.66. The van der Waals surface area contributed by atoms with E-state index in [1.54, 1.807) is 0 Å². The average molecular weight is 254 g/mol. The maximum atomic E-state index is 5.99. The van der Waals surface area contributed by atoms with Gasteiger partial charge in [-0.25, -0.2) is 9.97 Å². The number of anilines is 1. The lowest BCUT2D eigenvalue weighted by molar-refractivity contribution is 0.617. The number of hydrogen-bond donors (Lipinski definition) is 1. The van der Waals surface area contributed by atoms with Crippen molar-refractivity contribution in [2.75, 3.05) is 5.32 Å². The van der Waals surface area contributed by atoms with E-state index < -0.39 is 0 Å². The molecule has 1 aromatic rings. The zero-order valence-corrected chi connectivity index (χ0v) is 11.1. The molecule has 1 heterocycles. The molecule has 0 aromatic carbocycles. The third kappa shape index (κ3) is 3.84. The number of aromatic nitrogens is 2. The molecule has 1 N–H and O–H groups in total. The van der Waals surface area contributed by atoms with Gasteiger partial charge in [-0.3, -0.25) is 0 Å². The minimum Gasteiger partial charge on any atom is -0.367 e. The van der Waals surface area contributed by atoms with Crippen LogP contribution in [0.3, 0.4) is 0 Å². The fraction of sp³-hybridized carbons (Fsp3) is 0.692. The maximum absolute atomic E-state index is 5.99. The Kier molecular flexibility index (Phi) is 4.60. The van der Waals surface area contributed by atoms with Gasteiger partial charge in [-0.2, -0.15) is 0 Å². The molecule has 0 amide bonds. The Morgan fingerprint density at radius 2 is 1.94 bits per heavy atom. The van der Waals surface area contributed by atoms with Crippen molar-refractivity contribution in [1.29, 1.82) is 0 Å². The molecule has 3 nitrogen and oxygen atoms in total. The Morgan fingerprint density at radius 3 is 2.59 bits per heavy atom. The summed E-state index contributed by atoms with van der Waals surface area (Å²) >= 11 is 5.99. The highest BCUT2D eigenvalue weighted by atomic mass is 35.5. The van der Waals surface area contributed by atoms with E-state index in [4.69, 9.17) is 11.6 Å². The van der Waals surface area contributed by atoms with Crippen molar-refractivity contribution >= 4 is 17.4 Å². The van der Waals surface area contributed by atoms with Crippen LogP contribution in [0.1, 0.15) is 51.3 Å². The first-order chi connectivity index (χ1) is 8.28. The van der Waals surface area contributed by atoms with E-state index in [1.807, 2.05) is 13.0 Å². The van der Waals surface area contributed by atoms with Gasteiger partial charge in [0.2, 0.25) is 0 Å². The lowest BCUT2D eigenvalue weighted by Crippen LogP contribution is -2.19. The fourth-order valence-corrected chi connectivity index (χ4v) is 2.53. The van der Waals surface area contributed by atoms with Crippen LogP contribution in [0, 0.1) is 0 Å². The van der Waals surface area contributed by atoms with Crippen LogP contribution < -0.4 is 5.32 Å². The van der Waals surface area contributed by atoms with Crippen molar-refractivity contribution in [3.05, 3.63) is 17.0 Å². The standard InChI is InChI=1S/C13H20ClN3/c1-2-12-16-11(14)9-13(17-12)15-10-7-5-3-4-6-8-10/h9-10H,2-8H2,1H3,(H,15,16,17). The van der Waals surface area contributed by atoms with E-state index in [9.17, 15) is 0 Å². The Balaban J connectivity index is 2.03. The minimum absolute atomic E-state index is 0.535. The summed E-state index contributed by atoms with van der Waals surface area (Å²) in [6, 6.07) is 2.37. The van der Waals surface area contributed by atoms with Crippen LogP contribution in [0.2, 0.25) is 5.15 Å². The molecule has 0 saturated heterocycles. The van der Waals surface area contributed by atoms with E-state index in [-0.39, 0.29) is 0 Å². The molecule has 17 heavy (non-hydrogen) atoms. The monoisotopic (exact) mass is 253 g/mol. The number of halogens is 1. The van der Waals surface area contributed by atoms with Gasteiger partial charge in [-0.15, -0.1) is 0 Å². The van der Waals surface area contributed by atoms with Crippen LogP contribution in [0.25, 0.3) is 0 Å². The summed E-state index contributed by atoms with van der Waals surface area (Å²) in [7, 11) is 0. The van der Waals surface area contributed by atoms with Crippen molar-refractivity contribution in [3.8, 4) is 0 Å². The molecule has 0 bridgehead atoms. The number of rotatable bonds is 3. The van der Waals surface area contributed by atoms with E-state index in [2.05, 4.69) is 15.3 Å². The topological polar surface area (TPSA) is 37.8 Å². The predicted octanol–water partition coefficient (Wildman–Crippen LogP) is 3.83. The van der Waals surface area contributed by atoms with Crippen LogP contribution in [0.5, 0.6) is 0 Å². The van der Waals surface area contributed by atoms with E-state index in [1.165, 1.54) is 38.5 Å². The normalized spacial score (nSPS) is 17.8. The molecular weight excluding hydrogens is 234 g/mol. The summed E-state index contributed by atoms with van der Waals surface area (Å²) in [5, 5.41) is 4.04. The van der Waals surface area contributed by atoms with Crippen LogP contribution in [0.15, 0.2) is 6.07 Å². The second-order valence-corrected chi connectivity index (χ2v) is 5.07. The second kappa shape index (κ2) is 6.20. The summed E-state index contributed by atoms with van der Waals surface area (Å²) in [4.78, 5) is 8.65. The SMILES string of the molecule is CCc1nc(Cl)cc(NC2CCCCCC2)n1. The van der Waals surface area contributed by atoms with Gasteiger partial charge in [-0.1, -0.05) is 44.2 Å². The zero-order valence-electron chi connectivity index (χ0n) is 10.4. The molecule has 1 aliphatic carbocycles. The molecule has 1 aliphatic rings. The first kappa shape index (κ1) is 12.6. The highest BCUT2D eigenvalue weighted by Gasteiger charge is 2.13. The summed E-state index contributed by atoms with van der Waals surface area (Å²) < 4.78 is 0. The number of nitrogens with zero attached hydrogens (tertiary/aromatic N) is 2. The zero-order chi connectivity index (χ0) is 12.1. The van der Waals surface area contributed by atoms with Crippen LogP contribution in [0.4, 0.5) is 5.82 Å². The molecule has 0 spiro atoms. The Morgan fingerprint density at radius 1 is 1.24 bits per heavy atom. The van der Waals surface area contributed by atoms with Gasteiger partial charge in [0.15, 0.2) is 0 Å². The number of nitrogens with one attached hydrogen (secondary N) is 1. The van der Waals surface area contributed by atoms with Gasteiger partial charge in [0, 0.05) is 18.5 Å². The molecule has 0 atom stereocenters. The van der Waals surface area contributed by atoms with Crippen molar-refractivity contribution in [1.82, 2.24) is 9.97 Å². The first-order valence-corrected chi connectivity index (χ1v) is 6.95. The third-order valence-corrected chi connectivity index (χ3v) is 3.46. The minimum atomic E-state index is 0.535. The van der Waals surface area contributed by atoms with Gasteiger partial charge in [-0.05, 0) is 12.8 Å². The molecule has 4 heteroatoms. The number of hydrogen-bond acceptors (Lipinski definition) is 3. The van der Waals surface area contributed by atoms with Crippen molar-refractivity contribution < 1.29 is 0 Å². The molecule has 0 unspecified atom stereocenters. The van der Waals surface area contributed by atoms with Gasteiger partial charge >= 0.3 is 0 Å². The quantitative estimate of drug-likeness (QED) is 0.657. The van der Waals surface area contributed by atoms with Gasteiger partial charge in [0.05, 0.1) is 0 Å². The van der Waals surface area contributed by atoms with E-state index in [0.717, 1.165) is 18.1 Å². The highest BCUT2D eigenvalue weighted by Crippen LogP contribution is 2.21. The lowest BCUT2D eigenvalue weighted by atomic mass is 10.1. The molecule has 1 saturated carbocycles. The van der Waals surface area contributed by atoms with Crippen molar-refractivity contribution in [2.45, 2.75) is 57.9 Å². The first-order valence-electron chi connectivity index (χ1n) is 6.58. The lowest BCUT2D eigenvalue weighted by Gasteiger charge is -2.17. The molecule has 0 radical (unpaired) electrons. The van der Waals surface area contributed by atoms with Gasteiger partial charge in [0.1, 0.15) is 16.8 Å². The van der Waals surface area contributed by atoms with Gasteiger partial charge < -0.3 is 5.32 Å². The largest absolute Gasteiger partial charge is 0.367 e. The molecular formula is C13H20ClN3. The summed E-state index contributed by atoms with van der Waals surface area (Å²) in [6.45, 7) is 2.04. The van der Waals surface area contributed by atoms with Crippen molar-refractivity contribution in [3.63, 3.8) is 0 Å². The van der Waals surface area contributed by atoms with E-state index >= 15 is 0 Å². The van der Waals surface area contributed by atoms with Crippen LogP contribution in [-0.2, 0) is 6.42 Å². The van der Waals surface area contributed by atoms with Crippen LogP contribution >= 0.6 is 11.6 Å². The predicted molar refractivity (Wildman–Crippen MR) is 71.5 cm³/mol. The second-order valence-electron chi connectivity index (χ2n) is 4.68. The average Bonchev–Trinajstić information content (AvgIpc) is 2.57. The smallest absolute Gasteiger partial charge is 0.134 e. The van der Waals surface area contributed by atoms with Crippen molar-refractivity contribution in [2.24, 2.45) is 0 Å².